The van der Waals surface area contributed by atoms with E-state index in [1.165, 1.54) is 29.5 Å². The summed E-state index contributed by atoms with van der Waals surface area (Å²) >= 11 is 0. The van der Waals surface area contributed by atoms with Gasteiger partial charge in [0, 0.05) is 38.0 Å². The van der Waals surface area contributed by atoms with Crippen LogP contribution in [0.2, 0.25) is 0 Å². The zero-order valence-corrected chi connectivity index (χ0v) is 28.2. The fourth-order valence-electron chi connectivity index (χ4n) is 8.63. The minimum Gasteiger partial charge on any atom is -0.489 e. The number of benzene rings is 2. The van der Waals surface area contributed by atoms with Crippen molar-refractivity contribution in [2.75, 3.05) is 52.7 Å². The molecule has 47 heavy (non-hydrogen) atoms. The summed E-state index contributed by atoms with van der Waals surface area (Å²) in [6.45, 7) is 8.35. The largest absolute Gasteiger partial charge is 0.489 e. The number of nitrogens with zero attached hydrogens (tertiary/aromatic N) is 1. The van der Waals surface area contributed by atoms with E-state index in [0.717, 1.165) is 56.6 Å². The van der Waals surface area contributed by atoms with Crippen molar-refractivity contribution >= 4 is 0 Å². The number of hydrogen-bond acceptors (Lipinski definition) is 7. The van der Waals surface area contributed by atoms with Gasteiger partial charge >= 0.3 is 0 Å². The molecule has 1 aromatic heterocycles. The van der Waals surface area contributed by atoms with Gasteiger partial charge in [-0.2, -0.15) is 0 Å². The number of aryl methyl sites for hydroxylation is 1. The van der Waals surface area contributed by atoms with Crippen LogP contribution in [0.25, 0.3) is 0 Å². The van der Waals surface area contributed by atoms with Gasteiger partial charge in [-0.3, -0.25) is 4.98 Å². The van der Waals surface area contributed by atoms with E-state index in [4.69, 9.17) is 18.9 Å². The van der Waals surface area contributed by atoms with E-state index >= 15 is 0 Å². The molecule has 1 heterocycles. The third-order valence-corrected chi connectivity index (χ3v) is 11.1. The summed E-state index contributed by atoms with van der Waals surface area (Å²) in [6, 6.07) is 23.2. The highest BCUT2D eigenvalue weighted by molar-refractivity contribution is 5.41. The minimum atomic E-state index is -0.245. The Morgan fingerprint density at radius 3 is 2.47 bits per heavy atom. The van der Waals surface area contributed by atoms with Crippen LogP contribution in [0.15, 0.2) is 72.9 Å². The number of rotatable bonds is 18. The molecule has 2 unspecified atom stereocenters. The summed E-state index contributed by atoms with van der Waals surface area (Å²) in [4.78, 5) is 4.33. The number of aromatic nitrogens is 1. The summed E-state index contributed by atoms with van der Waals surface area (Å²) in [5.41, 5.74) is 5.30. The van der Waals surface area contributed by atoms with Crippen molar-refractivity contribution < 1.29 is 24.1 Å². The molecule has 3 aromatic rings. The molecule has 7 heteroatoms. The molecule has 0 aliphatic heterocycles. The van der Waals surface area contributed by atoms with Crippen molar-refractivity contribution in [3.8, 4) is 5.75 Å². The average Bonchev–Trinajstić information content (AvgIpc) is 3.37. The molecular weight excluding hydrogens is 588 g/mol. The zero-order chi connectivity index (χ0) is 32.3. The highest BCUT2D eigenvalue weighted by Crippen LogP contribution is 2.62. The molecule has 6 rings (SSSR count). The van der Waals surface area contributed by atoms with E-state index in [2.05, 4.69) is 59.7 Å². The predicted molar refractivity (Wildman–Crippen MR) is 185 cm³/mol. The van der Waals surface area contributed by atoms with E-state index in [-0.39, 0.29) is 11.5 Å². The molecule has 6 atom stereocenters. The second kappa shape index (κ2) is 17.0. The van der Waals surface area contributed by atoms with Crippen LogP contribution >= 0.6 is 0 Å². The van der Waals surface area contributed by atoms with Crippen LogP contribution in [0.1, 0.15) is 67.3 Å². The van der Waals surface area contributed by atoms with E-state index in [1.807, 2.05) is 30.5 Å². The third kappa shape index (κ3) is 8.81. The van der Waals surface area contributed by atoms with Crippen molar-refractivity contribution in [1.29, 1.82) is 0 Å². The van der Waals surface area contributed by atoms with E-state index in [9.17, 15) is 5.11 Å². The quantitative estimate of drug-likeness (QED) is 0.156. The lowest BCUT2D eigenvalue weighted by Crippen LogP contribution is -2.44. The Morgan fingerprint density at radius 2 is 1.66 bits per heavy atom. The summed E-state index contributed by atoms with van der Waals surface area (Å²) in [5, 5.41) is 14.9. The molecule has 254 valence electrons. The Labute approximate surface area is 281 Å². The summed E-state index contributed by atoms with van der Waals surface area (Å²) < 4.78 is 23.5. The van der Waals surface area contributed by atoms with Crippen molar-refractivity contribution in [3.63, 3.8) is 0 Å². The average molecular weight is 643 g/mol. The lowest BCUT2D eigenvalue weighted by Gasteiger charge is -2.50. The van der Waals surface area contributed by atoms with Gasteiger partial charge in [0.05, 0.1) is 39.1 Å². The van der Waals surface area contributed by atoms with E-state index in [1.54, 1.807) is 0 Å². The van der Waals surface area contributed by atoms with E-state index < -0.39 is 0 Å². The first kappa shape index (κ1) is 34.1. The fraction of sp³-hybridized carbons (Fsp3) is 0.575. The zero-order valence-electron chi connectivity index (χ0n) is 28.2. The van der Waals surface area contributed by atoms with Crippen molar-refractivity contribution in [2.24, 2.45) is 23.2 Å². The molecule has 3 aliphatic rings. The van der Waals surface area contributed by atoms with Crippen LogP contribution in [0.4, 0.5) is 0 Å². The molecule has 0 bridgehead atoms. The number of pyridine rings is 1. The molecule has 2 saturated carbocycles. The molecule has 0 radical (unpaired) electrons. The molecule has 7 nitrogen and oxygen atoms in total. The van der Waals surface area contributed by atoms with Gasteiger partial charge in [0.1, 0.15) is 12.4 Å². The van der Waals surface area contributed by atoms with Gasteiger partial charge in [0.2, 0.25) is 0 Å². The van der Waals surface area contributed by atoms with Gasteiger partial charge in [-0.15, -0.1) is 0 Å². The topological polar surface area (TPSA) is 82.1 Å². The third-order valence-electron chi connectivity index (χ3n) is 11.1. The van der Waals surface area contributed by atoms with Gasteiger partial charge in [0.15, 0.2) is 0 Å². The number of ether oxygens (including phenoxy) is 4. The van der Waals surface area contributed by atoms with Crippen LogP contribution in [0.5, 0.6) is 5.75 Å². The molecule has 0 spiro atoms. The lowest BCUT2D eigenvalue weighted by molar-refractivity contribution is -0.0372. The van der Waals surface area contributed by atoms with Crippen LogP contribution in [0, 0.1) is 23.2 Å². The Balaban J connectivity index is 0.851. The van der Waals surface area contributed by atoms with Gasteiger partial charge in [0.25, 0.3) is 0 Å². The normalized spacial score (nSPS) is 26.4. The molecule has 3 aliphatic carbocycles. The van der Waals surface area contributed by atoms with Crippen molar-refractivity contribution in [1.82, 2.24) is 10.3 Å². The number of hydrogen-bond donors (Lipinski definition) is 2. The molecule has 0 amide bonds. The maximum Gasteiger partial charge on any atom is 0.120 e. The fourth-order valence-corrected chi connectivity index (χ4v) is 8.63. The van der Waals surface area contributed by atoms with Crippen LogP contribution in [0.3, 0.4) is 0 Å². The summed E-state index contributed by atoms with van der Waals surface area (Å²) in [5.74, 6) is 3.10. The maximum atomic E-state index is 11.5. The van der Waals surface area contributed by atoms with E-state index in [0.29, 0.717) is 69.9 Å². The number of fused-ring (bicyclic) bond motifs is 5. The Bertz CT molecular complexity index is 1360. The number of aliphatic hydroxyl groups is 1. The molecule has 0 saturated heterocycles. The minimum absolute atomic E-state index is 0.0137. The molecule has 2 N–H and O–H groups in total. The molecule has 2 fully saturated rings. The SMILES string of the molecule is C[C@]12CC[C@@H]3c4ccc(OCc5ccccc5)cc4CC[C@H]3[C@@H]1CC(CCOCCOCCOCCNCCc1ccccn1)C2O. The van der Waals surface area contributed by atoms with Crippen molar-refractivity contribution in [3.05, 3.63) is 95.3 Å². The van der Waals surface area contributed by atoms with Gasteiger partial charge in [-0.25, -0.2) is 0 Å². The summed E-state index contributed by atoms with van der Waals surface area (Å²) in [6.07, 6.45) is 9.11. The smallest absolute Gasteiger partial charge is 0.120 e. The highest BCUT2D eigenvalue weighted by Gasteiger charge is 2.57. The van der Waals surface area contributed by atoms with Crippen molar-refractivity contribution in [2.45, 2.75) is 70.5 Å². The first-order valence-corrected chi connectivity index (χ1v) is 17.9. The Kier molecular flexibility index (Phi) is 12.3. The predicted octanol–water partition coefficient (Wildman–Crippen LogP) is 6.38. The molecular formula is C40H54N2O5. The van der Waals surface area contributed by atoms with Crippen LogP contribution in [-0.4, -0.2) is 68.9 Å². The Hall–Kier alpha value is -2.81. The maximum absolute atomic E-state index is 11.5. The second-order valence-electron chi connectivity index (χ2n) is 14.0. The Morgan fingerprint density at radius 1 is 0.872 bits per heavy atom. The monoisotopic (exact) mass is 642 g/mol. The van der Waals surface area contributed by atoms with Gasteiger partial charge in [-0.1, -0.05) is 49.4 Å². The number of aliphatic hydroxyl groups excluding tert-OH is 1. The summed E-state index contributed by atoms with van der Waals surface area (Å²) in [7, 11) is 0. The standard InChI is InChI=1S/C40H54N2O5/c1-40-17-14-36-35-13-11-34(47-29-30-7-3-2-4-8-30)27-31(35)10-12-37(36)38(40)28-32(39(40)43)16-21-44-23-25-46-26-24-45-22-20-41-19-15-33-9-5-6-18-42-33/h2-9,11,13,18,27,32,36-39,41,43H,10,12,14-17,19-26,28-29H2,1H3/t32?,36-,37-,38+,39?,40+/m1/s1. The lowest BCUT2D eigenvalue weighted by atomic mass is 9.55. The van der Waals surface area contributed by atoms with Gasteiger partial charge in [-0.05, 0) is 109 Å². The number of nitrogens with one attached hydrogen (secondary N) is 1. The van der Waals surface area contributed by atoms with Gasteiger partial charge < -0.3 is 29.4 Å². The molecule has 2 aromatic carbocycles. The van der Waals surface area contributed by atoms with Crippen LogP contribution in [-0.2, 0) is 33.7 Å². The van der Waals surface area contributed by atoms with Crippen LogP contribution < -0.4 is 10.1 Å². The highest BCUT2D eigenvalue weighted by atomic mass is 16.5. The first-order chi connectivity index (χ1) is 23.1. The first-order valence-electron chi connectivity index (χ1n) is 17.9. The second-order valence-corrected chi connectivity index (χ2v) is 14.0.